The van der Waals surface area contributed by atoms with Crippen LogP contribution in [0.3, 0.4) is 0 Å². The van der Waals surface area contributed by atoms with E-state index in [1.54, 1.807) is 55.7 Å². The Morgan fingerprint density at radius 1 is 1.07 bits per heavy atom. The standard InChI is InChI=1S/C20H17NO6/c1-12(22)26-17-8-7-13(10-18(17)25-3)9-16-20(23)27-19(21-16)14-5-4-6-15(11-14)24-2/h4-11H,1-3H3. The lowest BCUT2D eigenvalue weighted by molar-refractivity contribution is -0.132. The van der Waals surface area contributed by atoms with Crippen molar-refractivity contribution in [2.24, 2.45) is 4.99 Å². The highest BCUT2D eigenvalue weighted by atomic mass is 16.6. The Morgan fingerprint density at radius 3 is 2.59 bits per heavy atom. The Balaban J connectivity index is 1.91. The van der Waals surface area contributed by atoms with Crippen LogP contribution in [0.4, 0.5) is 0 Å². The molecule has 0 fully saturated rings. The van der Waals surface area contributed by atoms with Gasteiger partial charge in [0.15, 0.2) is 17.2 Å². The first-order valence-electron chi connectivity index (χ1n) is 8.03. The summed E-state index contributed by atoms with van der Waals surface area (Å²) in [5.41, 5.74) is 1.43. The number of nitrogens with zero attached hydrogens (tertiary/aromatic N) is 1. The fraction of sp³-hybridized carbons (Fsp3) is 0.150. The van der Waals surface area contributed by atoms with Gasteiger partial charge in [-0.2, -0.15) is 0 Å². The van der Waals surface area contributed by atoms with Crippen LogP contribution in [0.1, 0.15) is 18.1 Å². The molecule has 0 saturated carbocycles. The van der Waals surface area contributed by atoms with Crippen LogP contribution in [0, 0.1) is 0 Å². The van der Waals surface area contributed by atoms with Crippen LogP contribution in [-0.4, -0.2) is 32.1 Å². The van der Waals surface area contributed by atoms with Gasteiger partial charge in [0.05, 0.1) is 14.2 Å². The lowest BCUT2D eigenvalue weighted by Gasteiger charge is -2.08. The van der Waals surface area contributed by atoms with Crippen LogP contribution in [-0.2, 0) is 14.3 Å². The van der Waals surface area contributed by atoms with Crippen LogP contribution in [0.5, 0.6) is 17.2 Å². The Bertz CT molecular complexity index is 961. The third-order valence-corrected chi connectivity index (χ3v) is 3.68. The van der Waals surface area contributed by atoms with E-state index in [0.717, 1.165) is 0 Å². The van der Waals surface area contributed by atoms with E-state index in [1.807, 2.05) is 0 Å². The van der Waals surface area contributed by atoms with Crippen LogP contribution in [0.15, 0.2) is 53.2 Å². The first-order chi connectivity index (χ1) is 13.0. The van der Waals surface area contributed by atoms with Crippen molar-refractivity contribution in [1.82, 2.24) is 0 Å². The highest BCUT2D eigenvalue weighted by Crippen LogP contribution is 2.30. The summed E-state index contributed by atoms with van der Waals surface area (Å²) in [7, 11) is 3.02. The summed E-state index contributed by atoms with van der Waals surface area (Å²) in [5.74, 6) is 0.481. The molecule has 0 saturated heterocycles. The predicted molar refractivity (Wildman–Crippen MR) is 97.9 cm³/mol. The van der Waals surface area contributed by atoms with E-state index in [-0.39, 0.29) is 11.6 Å². The first-order valence-corrected chi connectivity index (χ1v) is 8.03. The predicted octanol–water partition coefficient (Wildman–Crippen LogP) is 2.97. The average molecular weight is 367 g/mol. The number of esters is 2. The minimum atomic E-state index is -0.559. The molecular weight excluding hydrogens is 350 g/mol. The molecule has 1 heterocycles. The van der Waals surface area contributed by atoms with E-state index in [1.165, 1.54) is 14.0 Å². The molecule has 0 bridgehead atoms. The van der Waals surface area contributed by atoms with Crippen LogP contribution >= 0.6 is 0 Å². The third kappa shape index (κ3) is 4.14. The van der Waals surface area contributed by atoms with Gasteiger partial charge in [-0.1, -0.05) is 12.1 Å². The van der Waals surface area contributed by atoms with Gasteiger partial charge >= 0.3 is 11.9 Å². The van der Waals surface area contributed by atoms with Gasteiger partial charge in [0, 0.05) is 12.5 Å². The maximum atomic E-state index is 12.1. The lowest BCUT2D eigenvalue weighted by atomic mass is 10.1. The van der Waals surface area contributed by atoms with Crippen molar-refractivity contribution in [3.8, 4) is 17.2 Å². The Labute approximate surface area is 155 Å². The van der Waals surface area contributed by atoms with Gasteiger partial charge < -0.3 is 18.9 Å². The number of aliphatic imine (C=N–C) groups is 1. The molecule has 7 nitrogen and oxygen atoms in total. The monoisotopic (exact) mass is 367 g/mol. The van der Waals surface area contributed by atoms with E-state index in [0.29, 0.717) is 28.4 Å². The molecule has 1 aliphatic heterocycles. The van der Waals surface area contributed by atoms with E-state index in [2.05, 4.69) is 4.99 Å². The SMILES string of the molecule is COc1cccc(C2=NC(=Cc3ccc(OC(C)=O)c(OC)c3)C(=O)O2)c1. The number of carbonyl (C=O) groups is 2. The Kier molecular flexibility index (Phi) is 5.21. The van der Waals surface area contributed by atoms with Crippen LogP contribution in [0.2, 0.25) is 0 Å². The summed E-state index contributed by atoms with van der Waals surface area (Å²) in [5, 5.41) is 0. The zero-order chi connectivity index (χ0) is 19.4. The molecule has 2 aromatic carbocycles. The second kappa shape index (κ2) is 7.74. The molecule has 0 aliphatic carbocycles. The smallest absolute Gasteiger partial charge is 0.363 e. The summed E-state index contributed by atoms with van der Waals surface area (Å²) in [6.45, 7) is 1.30. The summed E-state index contributed by atoms with van der Waals surface area (Å²) in [6, 6.07) is 12.0. The van der Waals surface area contributed by atoms with Gasteiger partial charge in [0.1, 0.15) is 5.75 Å². The largest absolute Gasteiger partial charge is 0.497 e. The van der Waals surface area contributed by atoms with Crippen molar-refractivity contribution in [3.63, 3.8) is 0 Å². The van der Waals surface area contributed by atoms with Crippen LogP contribution < -0.4 is 14.2 Å². The topological polar surface area (TPSA) is 83.4 Å². The van der Waals surface area contributed by atoms with Crippen molar-refractivity contribution in [1.29, 1.82) is 0 Å². The number of carbonyl (C=O) groups excluding carboxylic acids is 2. The number of rotatable bonds is 5. The minimum Gasteiger partial charge on any atom is -0.497 e. The number of ether oxygens (including phenoxy) is 4. The molecule has 0 aromatic heterocycles. The van der Waals surface area contributed by atoms with Crippen LogP contribution in [0.25, 0.3) is 6.08 Å². The Morgan fingerprint density at radius 2 is 1.89 bits per heavy atom. The fourth-order valence-electron chi connectivity index (χ4n) is 2.46. The maximum absolute atomic E-state index is 12.1. The molecular formula is C20H17NO6. The molecule has 138 valence electrons. The molecule has 3 rings (SSSR count). The zero-order valence-electron chi connectivity index (χ0n) is 15.0. The van der Waals surface area contributed by atoms with Gasteiger partial charge in [-0.25, -0.2) is 9.79 Å². The van der Waals surface area contributed by atoms with Gasteiger partial charge in [0.25, 0.3) is 0 Å². The van der Waals surface area contributed by atoms with Gasteiger partial charge in [-0.3, -0.25) is 4.79 Å². The highest BCUT2D eigenvalue weighted by Gasteiger charge is 2.24. The van der Waals surface area contributed by atoms with E-state index in [4.69, 9.17) is 18.9 Å². The molecule has 0 amide bonds. The number of hydrogen-bond donors (Lipinski definition) is 0. The average Bonchev–Trinajstić information content (AvgIpc) is 3.03. The summed E-state index contributed by atoms with van der Waals surface area (Å²) in [4.78, 5) is 27.5. The lowest BCUT2D eigenvalue weighted by Crippen LogP contribution is -2.05. The maximum Gasteiger partial charge on any atom is 0.363 e. The number of methoxy groups -OCH3 is 2. The number of benzene rings is 2. The molecule has 0 unspecified atom stereocenters. The molecule has 1 aliphatic rings. The van der Waals surface area contributed by atoms with Gasteiger partial charge in [-0.15, -0.1) is 0 Å². The second-order valence-electron chi connectivity index (χ2n) is 5.57. The third-order valence-electron chi connectivity index (χ3n) is 3.68. The molecule has 0 spiro atoms. The molecule has 27 heavy (non-hydrogen) atoms. The van der Waals surface area contributed by atoms with E-state index in [9.17, 15) is 9.59 Å². The van der Waals surface area contributed by atoms with Crippen molar-refractivity contribution in [3.05, 3.63) is 59.3 Å². The molecule has 0 atom stereocenters. The number of hydrogen-bond acceptors (Lipinski definition) is 7. The number of cyclic esters (lactones) is 1. The summed E-state index contributed by atoms with van der Waals surface area (Å²) in [6.07, 6.45) is 1.57. The molecule has 0 N–H and O–H groups in total. The van der Waals surface area contributed by atoms with E-state index < -0.39 is 11.9 Å². The Hall–Kier alpha value is -3.61. The van der Waals surface area contributed by atoms with E-state index >= 15 is 0 Å². The fourth-order valence-corrected chi connectivity index (χ4v) is 2.46. The summed E-state index contributed by atoms with van der Waals surface area (Å²) < 4.78 is 20.7. The summed E-state index contributed by atoms with van der Waals surface area (Å²) >= 11 is 0. The van der Waals surface area contributed by atoms with Gasteiger partial charge in [-0.05, 0) is 42.0 Å². The molecule has 0 radical (unpaired) electrons. The van der Waals surface area contributed by atoms with Crippen molar-refractivity contribution >= 4 is 23.9 Å². The van der Waals surface area contributed by atoms with Crippen molar-refractivity contribution in [2.45, 2.75) is 6.92 Å². The van der Waals surface area contributed by atoms with Crippen molar-refractivity contribution in [2.75, 3.05) is 14.2 Å². The molecule has 7 heteroatoms. The molecule has 2 aromatic rings. The van der Waals surface area contributed by atoms with Crippen molar-refractivity contribution < 1.29 is 28.5 Å². The van der Waals surface area contributed by atoms with Gasteiger partial charge in [0.2, 0.25) is 5.90 Å². The highest BCUT2D eigenvalue weighted by molar-refractivity contribution is 6.13. The second-order valence-corrected chi connectivity index (χ2v) is 5.57. The quantitative estimate of drug-likeness (QED) is 0.459. The zero-order valence-corrected chi connectivity index (χ0v) is 15.0. The normalized spacial score (nSPS) is 14.6. The first kappa shape index (κ1) is 18.2. The minimum absolute atomic E-state index is 0.148.